The normalized spacial score (nSPS) is 20.8. The summed E-state index contributed by atoms with van der Waals surface area (Å²) in [6.45, 7) is 1.90. The predicted molar refractivity (Wildman–Crippen MR) is 163 cm³/mol. The summed E-state index contributed by atoms with van der Waals surface area (Å²) in [5.41, 5.74) is 11.7. The van der Waals surface area contributed by atoms with Crippen molar-refractivity contribution in [2.75, 3.05) is 18.2 Å². The molecule has 10 nitrogen and oxygen atoms in total. The van der Waals surface area contributed by atoms with Gasteiger partial charge < -0.3 is 15.8 Å². The lowest BCUT2D eigenvalue weighted by Crippen LogP contribution is -2.52. The number of nitrogens with two attached hydrogens (primary N) is 1. The Balaban J connectivity index is 1.19. The van der Waals surface area contributed by atoms with Crippen molar-refractivity contribution in [2.45, 2.75) is 32.6 Å². The number of rotatable bonds is 6. The molecule has 216 valence electrons. The van der Waals surface area contributed by atoms with Crippen LogP contribution in [0, 0.1) is 24.2 Å². The molecule has 2 saturated carbocycles. The van der Waals surface area contributed by atoms with E-state index < -0.39 is 0 Å². The second kappa shape index (κ2) is 10.3. The molecule has 4 heterocycles. The van der Waals surface area contributed by atoms with E-state index in [1.54, 1.807) is 12.3 Å². The van der Waals surface area contributed by atoms with Gasteiger partial charge in [-0.1, -0.05) is 30.3 Å². The van der Waals surface area contributed by atoms with Crippen LogP contribution in [0.4, 0.5) is 11.6 Å². The molecule has 2 aliphatic rings. The fraction of sp³-hybridized carbons (Fsp3) is 0.273. The number of nitrogens with zero attached hydrogens (tertiary/aromatic N) is 5. The Hall–Kier alpha value is -5.12. The lowest BCUT2D eigenvalue weighted by Gasteiger charge is -2.56. The molecule has 0 atom stereocenters. The van der Waals surface area contributed by atoms with Gasteiger partial charge in [-0.15, -0.1) is 0 Å². The highest BCUT2D eigenvalue weighted by molar-refractivity contribution is 5.93. The van der Waals surface area contributed by atoms with Gasteiger partial charge in [0.15, 0.2) is 11.5 Å². The molecule has 10 heteroatoms. The Morgan fingerprint density at radius 2 is 1.70 bits per heavy atom. The quantitative estimate of drug-likeness (QED) is 0.259. The van der Waals surface area contributed by atoms with Crippen LogP contribution in [-0.4, -0.2) is 43.5 Å². The number of aryl methyl sites for hydroxylation is 1. The van der Waals surface area contributed by atoms with Crippen molar-refractivity contribution in [3.05, 3.63) is 78.6 Å². The highest BCUT2D eigenvalue weighted by atomic mass is 16.5. The molecule has 0 aliphatic heterocycles. The number of methoxy groups -OCH3 is 1. The van der Waals surface area contributed by atoms with Crippen LogP contribution in [0.25, 0.3) is 39.5 Å². The summed E-state index contributed by atoms with van der Waals surface area (Å²) in [7, 11) is 1.42. The van der Waals surface area contributed by atoms with Crippen molar-refractivity contribution in [3.63, 3.8) is 0 Å². The van der Waals surface area contributed by atoms with Crippen LogP contribution in [0.3, 0.4) is 0 Å². The maximum Gasteiger partial charge on any atom is 0.308 e. The summed E-state index contributed by atoms with van der Waals surface area (Å²) in [5, 5.41) is 3.00. The van der Waals surface area contributed by atoms with E-state index in [2.05, 4.69) is 10.3 Å². The molecule has 1 amide bonds. The molecule has 0 unspecified atom stereocenters. The van der Waals surface area contributed by atoms with Gasteiger partial charge in [-0.25, -0.2) is 19.9 Å². The summed E-state index contributed by atoms with van der Waals surface area (Å²) in [5.74, 6) is 1.14. The second-order valence-electron chi connectivity index (χ2n) is 11.6. The Morgan fingerprint density at radius 1 is 0.930 bits per heavy atom. The molecule has 7 rings (SSSR count). The van der Waals surface area contributed by atoms with E-state index in [1.165, 1.54) is 7.11 Å². The minimum atomic E-state index is -0.148. The molecule has 0 radical (unpaired) electrons. The number of fused-ring (bicyclic) bond motifs is 1. The third kappa shape index (κ3) is 4.68. The summed E-state index contributed by atoms with van der Waals surface area (Å²) in [6.07, 6.45) is 4.83. The van der Waals surface area contributed by atoms with Gasteiger partial charge in [0.05, 0.1) is 35.7 Å². The van der Waals surface area contributed by atoms with E-state index in [-0.39, 0.29) is 29.1 Å². The number of imidazole rings is 1. The maximum atomic E-state index is 13.1. The number of pyridine rings is 3. The number of aromatic nitrogens is 5. The Kier molecular flexibility index (Phi) is 6.41. The number of ether oxygens (including phenoxy) is 1. The topological polar surface area (TPSA) is 138 Å². The molecule has 0 bridgehead atoms. The zero-order chi connectivity index (χ0) is 29.7. The largest absolute Gasteiger partial charge is 0.469 e. The first kappa shape index (κ1) is 26.8. The van der Waals surface area contributed by atoms with Gasteiger partial charge in [0.1, 0.15) is 17.2 Å². The van der Waals surface area contributed by atoms with E-state index in [9.17, 15) is 9.59 Å². The van der Waals surface area contributed by atoms with Crippen molar-refractivity contribution in [3.8, 4) is 28.3 Å². The van der Waals surface area contributed by atoms with E-state index in [0.717, 1.165) is 42.6 Å². The molecule has 4 aromatic heterocycles. The van der Waals surface area contributed by atoms with Crippen molar-refractivity contribution in [1.29, 1.82) is 0 Å². The maximum absolute atomic E-state index is 13.1. The fourth-order valence-corrected chi connectivity index (χ4v) is 6.65. The molecular formula is C33H31N7O3. The van der Waals surface area contributed by atoms with Crippen LogP contribution in [-0.2, 0) is 14.3 Å². The molecule has 3 N–H and O–H groups in total. The monoisotopic (exact) mass is 573 g/mol. The van der Waals surface area contributed by atoms with E-state index in [1.807, 2.05) is 72.2 Å². The first-order chi connectivity index (χ1) is 20.8. The molecule has 5 aromatic rings. The average Bonchev–Trinajstić information content (AvgIpc) is 3.34. The summed E-state index contributed by atoms with van der Waals surface area (Å²) in [4.78, 5) is 43.8. The molecular weight excluding hydrogens is 542 g/mol. The first-order valence-corrected chi connectivity index (χ1v) is 14.4. The second-order valence-corrected chi connectivity index (χ2v) is 11.6. The summed E-state index contributed by atoms with van der Waals surface area (Å²) < 4.78 is 6.81. The van der Waals surface area contributed by atoms with Crippen molar-refractivity contribution < 1.29 is 14.3 Å². The van der Waals surface area contributed by atoms with Crippen LogP contribution in [0.2, 0.25) is 0 Å². The van der Waals surface area contributed by atoms with Crippen LogP contribution in [0.15, 0.2) is 72.9 Å². The highest BCUT2D eigenvalue weighted by Gasteiger charge is 2.56. The highest BCUT2D eigenvalue weighted by Crippen LogP contribution is 2.61. The van der Waals surface area contributed by atoms with Crippen LogP contribution >= 0.6 is 0 Å². The van der Waals surface area contributed by atoms with Crippen LogP contribution < -0.4 is 11.1 Å². The Labute approximate surface area is 248 Å². The standard InChI is InChI=1S/C33H31N7O3/c1-19-26(12-13-27(36-19)39-31(41)21-15-33(16-21)17-22(18-33)32(42)43-2)40-29(23-9-6-14-35-28(23)34)38-25-11-10-24(37-30(25)40)20-7-4-3-5-8-20/h3-14,21-22H,15-18H2,1-2H3,(H2,34,35)(H,36,39,41). The van der Waals surface area contributed by atoms with Gasteiger partial charge in [0, 0.05) is 17.7 Å². The Bertz CT molecular complexity index is 1870. The number of hydrogen-bond donors (Lipinski definition) is 2. The number of nitrogen functional groups attached to an aromatic ring is 1. The van der Waals surface area contributed by atoms with Gasteiger partial charge in [-0.05, 0) is 74.4 Å². The molecule has 1 aromatic carbocycles. The van der Waals surface area contributed by atoms with Crippen molar-refractivity contribution in [1.82, 2.24) is 24.5 Å². The van der Waals surface area contributed by atoms with Crippen LogP contribution in [0.5, 0.6) is 0 Å². The number of hydrogen-bond acceptors (Lipinski definition) is 8. The fourth-order valence-electron chi connectivity index (χ4n) is 6.65. The smallest absolute Gasteiger partial charge is 0.308 e. The zero-order valence-corrected chi connectivity index (χ0v) is 23.9. The van der Waals surface area contributed by atoms with Gasteiger partial charge in [0.2, 0.25) is 5.91 Å². The average molecular weight is 574 g/mol. The Morgan fingerprint density at radius 3 is 2.42 bits per heavy atom. The SMILES string of the molecule is COC(=O)C1CC2(CC(C(=O)Nc3ccc(-n4c(-c5cccnc5N)nc5ccc(-c6ccccc6)nc54)c(C)n3)C2)C1. The first-order valence-electron chi connectivity index (χ1n) is 14.4. The zero-order valence-electron chi connectivity index (χ0n) is 23.9. The number of nitrogens with one attached hydrogen (secondary N) is 1. The van der Waals surface area contributed by atoms with E-state index in [0.29, 0.717) is 39.9 Å². The lowest BCUT2D eigenvalue weighted by atomic mass is 9.48. The van der Waals surface area contributed by atoms with Crippen molar-refractivity contribution in [2.24, 2.45) is 17.3 Å². The van der Waals surface area contributed by atoms with Gasteiger partial charge in [-0.3, -0.25) is 14.2 Å². The number of amides is 1. The lowest BCUT2D eigenvalue weighted by molar-refractivity contribution is -0.163. The third-order valence-corrected chi connectivity index (χ3v) is 8.83. The van der Waals surface area contributed by atoms with Gasteiger partial charge in [0.25, 0.3) is 0 Å². The minimum absolute atomic E-state index is 0.0321. The predicted octanol–water partition coefficient (Wildman–Crippen LogP) is 5.35. The summed E-state index contributed by atoms with van der Waals surface area (Å²) in [6, 6.07) is 21.3. The number of esters is 1. The molecule has 2 fully saturated rings. The van der Waals surface area contributed by atoms with Crippen LogP contribution in [0.1, 0.15) is 31.4 Å². The molecule has 1 spiro atoms. The molecule has 43 heavy (non-hydrogen) atoms. The number of carbonyl (C=O) groups excluding carboxylic acids is 2. The molecule has 0 saturated heterocycles. The van der Waals surface area contributed by atoms with Crippen molar-refractivity contribution >= 4 is 34.7 Å². The number of anilines is 2. The number of benzene rings is 1. The van der Waals surface area contributed by atoms with E-state index >= 15 is 0 Å². The van der Waals surface area contributed by atoms with Gasteiger partial charge in [-0.2, -0.15) is 0 Å². The summed E-state index contributed by atoms with van der Waals surface area (Å²) >= 11 is 0. The van der Waals surface area contributed by atoms with Gasteiger partial charge >= 0.3 is 5.97 Å². The minimum Gasteiger partial charge on any atom is -0.469 e. The number of carbonyl (C=O) groups is 2. The van der Waals surface area contributed by atoms with E-state index in [4.69, 9.17) is 25.4 Å². The molecule has 2 aliphatic carbocycles. The third-order valence-electron chi connectivity index (χ3n) is 8.83.